The van der Waals surface area contributed by atoms with Gasteiger partial charge in [0.15, 0.2) is 0 Å². The van der Waals surface area contributed by atoms with Gasteiger partial charge in [-0.05, 0) is 31.6 Å². The molecular weight excluding hydrogens is 290 g/mol. The molecule has 1 saturated carbocycles. The lowest BCUT2D eigenvalue weighted by Gasteiger charge is -2.40. The zero-order valence-electron chi connectivity index (χ0n) is 11.8. The molecule has 1 aliphatic heterocycles. The summed E-state index contributed by atoms with van der Waals surface area (Å²) in [7, 11) is 0. The standard InChI is InChI=1S/C15H26BrNO/c1-12(16)13-6-10-17(11-7-13)14(18)15(2)8-4-3-5-9-15/h12-13H,3-11H2,1-2H3. The predicted octanol–water partition coefficient (Wildman–Crippen LogP) is 3.98. The minimum absolute atomic E-state index is 0.0505. The molecule has 1 unspecified atom stereocenters. The Bertz CT molecular complexity index is 289. The summed E-state index contributed by atoms with van der Waals surface area (Å²) in [6, 6.07) is 0. The van der Waals surface area contributed by atoms with Gasteiger partial charge in [0.25, 0.3) is 0 Å². The lowest BCUT2D eigenvalue weighted by molar-refractivity contribution is -0.144. The Balaban J connectivity index is 1.90. The van der Waals surface area contributed by atoms with Crippen molar-refractivity contribution >= 4 is 21.8 Å². The van der Waals surface area contributed by atoms with Crippen LogP contribution in [0.1, 0.15) is 58.8 Å². The van der Waals surface area contributed by atoms with Crippen molar-refractivity contribution in [2.75, 3.05) is 13.1 Å². The van der Waals surface area contributed by atoms with Crippen molar-refractivity contribution in [2.24, 2.45) is 11.3 Å². The van der Waals surface area contributed by atoms with E-state index in [4.69, 9.17) is 0 Å². The SMILES string of the molecule is CC(Br)C1CCN(C(=O)C2(C)CCCCC2)CC1. The molecule has 0 aromatic carbocycles. The smallest absolute Gasteiger partial charge is 0.228 e. The monoisotopic (exact) mass is 315 g/mol. The Hall–Kier alpha value is -0.0500. The van der Waals surface area contributed by atoms with Crippen LogP contribution in [0.4, 0.5) is 0 Å². The highest BCUT2D eigenvalue weighted by molar-refractivity contribution is 9.09. The molecule has 0 aromatic rings. The van der Waals surface area contributed by atoms with Gasteiger partial charge in [0.05, 0.1) is 0 Å². The van der Waals surface area contributed by atoms with Crippen LogP contribution in [0.3, 0.4) is 0 Å². The van der Waals surface area contributed by atoms with Crippen molar-refractivity contribution in [1.82, 2.24) is 4.90 Å². The molecule has 18 heavy (non-hydrogen) atoms. The quantitative estimate of drug-likeness (QED) is 0.706. The summed E-state index contributed by atoms with van der Waals surface area (Å²) in [4.78, 5) is 15.4. The van der Waals surface area contributed by atoms with Gasteiger partial charge in [0.1, 0.15) is 0 Å². The van der Waals surface area contributed by atoms with Crippen LogP contribution in [-0.2, 0) is 4.79 Å². The Morgan fingerprint density at radius 1 is 1.22 bits per heavy atom. The molecule has 0 radical (unpaired) electrons. The van der Waals surface area contributed by atoms with Crippen LogP contribution in [0.25, 0.3) is 0 Å². The number of carbonyl (C=O) groups excluding carboxylic acids is 1. The van der Waals surface area contributed by atoms with E-state index in [1.54, 1.807) is 0 Å². The molecule has 0 N–H and O–H groups in total. The number of nitrogens with zero attached hydrogens (tertiary/aromatic N) is 1. The average Bonchev–Trinajstić information content (AvgIpc) is 2.39. The van der Waals surface area contributed by atoms with E-state index in [0.717, 1.165) is 44.7 Å². The fourth-order valence-electron chi connectivity index (χ4n) is 3.49. The number of piperidine rings is 1. The molecule has 2 nitrogen and oxygen atoms in total. The van der Waals surface area contributed by atoms with Gasteiger partial charge in [-0.15, -0.1) is 0 Å². The van der Waals surface area contributed by atoms with E-state index in [1.807, 2.05) is 0 Å². The second-order valence-electron chi connectivity index (χ2n) is 6.43. The first kappa shape index (κ1) is 14.4. The maximum absolute atomic E-state index is 12.7. The van der Waals surface area contributed by atoms with Crippen molar-refractivity contribution in [3.8, 4) is 0 Å². The van der Waals surface area contributed by atoms with Crippen molar-refractivity contribution in [2.45, 2.75) is 63.6 Å². The first-order valence-corrected chi connectivity index (χ1v) is 8.38. The Morgan fingerprint density at radius 2 is 1.78 bits per heavy atom. The molecule has 2 aliphatic rings. The summed E-state index contributed by atoms with van der Waals surface area (Å²) >= 11 is 3.68. The van der Waals surface area contributed by atoms with Gasteiger partial charge >= 0.3 is 0 Å². The highest BCUT2D eigenvalue weighted by atomic mass is 79.9. The van der Waals surface area contributed by atoms with Gasteiger partial charge < -0.3 is 4.90 Å². The minimum atomic E-state index is -0.0505. The maximum Gasteiger partial charge on any atom is 0.228 e. The minimum Gasteiger partial charge on any atom is -0.342 e. The van der Waals surface area contributed by atoms with Crippen LogP contribution in [0.5, 0.6) is 0 Å². The van der Waals surface area contributed by atoms with Gasteiger partial charge in [-0.1, -0.05) is 49.0 Å². The zero-order chi connectivity index (χ0) is 13.2. The summed E-state index contributed by atoms with van der Waals surface area (Å²) in [6.07, 6.45) is 8.30. The molecular formula is C15H26BrNO. The highest BCUT2D eigenvalue weighted by Crippen LogP contribution is 2.38. The highest BCUT2D eigenvalue weighted by Gasteiger charge is 2.38. The van der Waals surface area contributed by atoms with E-state index in [9.17, 15) is 4.79 Å². The summed E-state index contributed by atoms with van der Waals surface area (Å²) in [6.45, 7) is 6.35. The van der Waals surface area contributed by atoms with Gasteiger partial charge in [-0.3, -0.25) is 4.79 Å². The molecule has 1 amide bonds. The largest absolute Gasteiger partial charge is 0.342 e. The number of hydrogen-bond donors (Lipinski definition) is 0. The lowest BCUT2D eigenvalue weighted by atomic mass is 9.74. The van der Waals surface area contributed by atoms with Crippen LogP contribution < -0.4 is 0 Å². The number of alkyl halides is 1. The Kier molecular flexibility index (Phi) is 4.74. The van der Waals surface area contributed by atoms with E-state index in [0.29, 0.717) is 10.7 Å². The van der Waals surface area contributed by atoms with E-state index >= 15 is 0 Å². The lowest BCUT2D eigenvalue weighted by Crippen LogP contribution is -2.47. The molecule has 0 aromatic heterocycles. The van der Waals surface area contributed by atoms with E-state index in [2.05, 4.69) is 34.7 Å². The predicted molar refractivity (Wildman–Crippen MR) is 78.9 cm³/mol. The summed E-state index contributed by atoms with van der Waals surface area (Å²) in [5.74, 6) is 1.18. The third-order valence-corrected chi connectivity index (χ3v) is 5.70. The number of likely N-dealkylation sites (tertiary alicyclic amines) is 1. The molecule has 1 saturated heterocycles. The normalized spacial score (nSPS) is 26.9. The van der Waals surface area contributed by atoms with Crippen LogP contribution in [-0.4, -0.2) is 28.7 Å². The number of carbonyl (C=O) groups is 1. The van der Waals surface area contributed by atoms with E-state index in [-0.39, 0.29) is 5.41 Å². The molecule has 1 atom stereocenters. The molecule has 3 heteroatoms. The molecule has 1 heterocycles. The van der Waals surface area contributed by atoms with Crippen molar-refractivity contribution in [3.05, 3.63) is 0 Å². The van der Waals surface area contributed by atoms with Gasteiger partial charge in [-0.25, -0.2) is 0 Å². The first-order valence-electron chi connectivity index (χ1n) is 7.46. The third kappa shape index (κ3) is 3.09. The molecule has 0 spiro atoms. The van der Waals surface area contributed by atoms with Crippen LogP contribution in [0.2, 0.25) is 0 Å². The van der Waals surface area contributed by atoms with Gasteiger partial charge in [0.2, 0.25) is 5.91 Å². The third-order valence-electron chi connectivity index (χ3n) is 4.95. The summed E-state index contributed by atoms with van der Waals surface area (Å²) < 4.78 is 0. The Morgan fingerprint density at radius 3 is 2.28 bits per heavy atom. The second kappa shape index (κ2) is 5.94. The first-order chi connectivity index (χ1) is 8.53. The summed E-state index contributed by atoms with van der Waals surface area (Å²) in [5.41, 5.74) is -0.0505. The van der Waals surface area contributed by atoms with Crippen LogP contribution >= 0.6 is 15.9 Å². The van der Waals surface area contributed by atoms with Crippen molar-refractivity contribution in [1.29, 1.82) is 0 Å². The molecule has 1 aliphatic carbocycles. The number of halogens is 1. The van der Waals surface area contributed by atoms with E-state index in [1.165, 1.54) is 19.3 Å². The van der Waals surface area contributed by atoms with Gasteiger partial charge in [-0.2, -0.15) is 0 Å². The molecule has 2 rings (SSSR count). The van der Waals surface area contributed by atoms with Crippen LogP contribution in [0.15, 0.2) is 0 Å². The fourth-order valence-corrected chi connectivity index (χ4v) is 4.02. The average molecular weight is 316 g/mol. The van der Waals surface area contributed by atoms with Crippen molar-refractivity contribution in [3.63, 3.8) is 0 Å². The maximum atomic E-state index is 12.7. The van der Waals surface area contributed by atoms with Crippen LogP contribution in [0, 0.1) is 11.3 Å². The Labute approximate surface area is 120 Å². The number of hydrogen-bond acceptors (Lipinski definition) is 1. The van der Waals surface area contributed by atoms with Gasteiger partial charge in [0, 0.05) is 23.3 Å². The summed E-state index contributed by atoms with van der Waals surface area (Å²) in [5, 5.41) is 0. The number of rotatable bonds is 2. The molecule has 0 bridgehead atoms. The zero-order valence-corrected chi connectivity index (χ0v) is 13.3. The molecule has 104 valence electrons. The molecule has 2 fully saturated rings. The topological polar surface area (TPSA) is 20.3 Å². The van der Waals surface area contributed by atoms with Crippen molar-refractivity contribution < 1.29 is 4.79 Å². The second-order valence-corrected chi connectivity index (χ2v) is 7.87. The number of amides is 1. The van der Waals surface area contributed by atoms with E-state index < -0.39 is 0 Å². The fraction of sp³-hybridized carbons (Fsp3) is 0.933.